The summed E-state index contributed by atoms with van der Waals surface area (Å²) in [6.45, 7) is 8.20. The van der Waals surface area contributed by atoms with Gasteiger partial charge >= 0.3 is 0 Å². The number of unbranched alkanes of at least 4 members (excludes halogenated alkanes) is 5. The zero-order valence-corrected chi connectivity index (χ0v) is 9.86. The second-order valence-electron chi connectivity index (χ2n) is 4.08. The van der Waals surface area contributed by atoms with Crippen LogP contribution in [0.3, 0.4) is 0 Å². The van der Waals surface area contributed by atoms with Crippen LogP contribution < -0.4 is 0 Å². The minimum atomic E-state index is 1.07. The van der Waals surface area contributed by atoms with Crippen LogP contribution >= 0.6 is 0 Å². The van der Waals surface area contributed by atoms with Crippen molar-refractivity contribution in [2.45, 2.75) is 65.2 Å². The Kier molecular flexibility index (Phi) is 10.3. The van der Waals surface area contributed by atoms with Crippen molar-refractivity contribution in [3.8, 4) is 11.8 Å². The summed E-state index contributed by atoms with van der Waals surface area (Å²) in [6.07, 6.45) is 9.48. The summed E-state index contributed by atoms with van der Waals surface area (Å²) in [5.41, 5.74) is 0. The van der Waals surface area contributed by atoms with E-state index in [1.54, 1.807) is 0 Å². The molecule has 0 nitrogen and oxygen atoms in total. The lowest BCUT2D eigenvalue weighted by atomic mass is 10.1. The van der Waals surface area contributed by atoms with Crippen LogP contribution in [-0.2, 0) is 0 Å². The molecule has 14 heavy (non-hydrogen) atoms. The summed E-state index contributed by atoms with van der Waals surface area (Å²) in [7, 11) is 0. The molecule has 0 saturated carbocycles. The van der Waals surface area contributed by atoms with E-state index < -0.39 is 0 Å². The number of hydrogen-bond donors (Lipinski definition) is 0. The quantitative estimate of drug-likeness (QED) is 0.410. The van der Waals surface area contributed by atoms with Crippen molar-refractivity contribution in [3.63, 3.8) is 0 Å². The maximum Gasteiger partial charge on any atom is 0.00888 e. The molecule has 0 bridgehead atoms. The van der Waals surface area contributed by atoms with Crippen LogP contribution in [0.4, 0.5) is 0 Å². The highest BCUT2D eigenvalue weighted by molar-refractivity contribution is 4.99. The molecule has 0 unspecified atom stereocenters. The molecule has 0 aliphatic carbocycles. The molecule has 0 spiro atoms. The Hall–Kier alpha value is -0.440. The Balaban J connectivity index is 3.10. The highest BCUT2D eigenvalue weighted by Gasteiger charge is 1.91. The minimum Gasteiger partial charge on any atom is -0.103 e. The molecule has 0 N–H and O–H groups in total. The second-order valence-corrected chi connectivity index (χ2v) is 4.08. The van der Waals surface area contributed by atoms with Crippen LogP contribution in [0.15, 0.2) is 0 Å². The zero-order valence-electron chi connectivity index (χ0n) is 9.86. The molecule has 0 aromatic carbocycles. The van der Waals surface area contributed by atoms with Crippen LogP contribution in [0.5, 0.6) is 0 Å². The van der Waals surface area contributed by atoms with Gasteiger partial charge in [0.15, 0.2) is 0 Å². The largest absolute Gasteiger partial charge is 0.103 e. The average molecular weight is 192 g/mol. The molecule has 0 aromatic rings. The van der Waals surface area contributed by atoms with Gasteiger partial charge in [-0.1, -0.05) is 40.0 Å². The fourth-order valence-corrected chi connectivity index (χ4v) is 1.27. The van der Waals surface area contributed by atoms with Crippen molar-refractivity contribution in [3.05, 3.63) is 12.8 Å². The third-order valence-electron chi connectivity index (χ3n) is 2.16. The molecule has 0 rings (SSSR count). The fraction of sp³-hybridized carbons (Fsp3) is 0.714. The summed E-state index contributed by atoms with van der Waals surface area (Å²) in [4.78, 5) is 0. The van der Waals surface area contributed by atoms with Crippen molar-refractivity contribution >= 4 is 0 Å². The molecule has 80 valence electrons. The van der Waals surface area contributed by atoms with Gasteiger partial charge in [0, 0.05) is 12.8 Å². The molecule has 0 aliphatic rings. The molecule has 0 aromatic heterocycles. The first-order chi connectivity index (χ1) is 6.77. The third kappa shape index (κ3) is 11.6. The molecule has 0 fully saturated rings. The van der Waals surface area contributed by atoms with Gasteiger partial charge in [0.25, 0.3) is 0 Å². The van der Waals surface area contributed by atoms with E-state index in [1.165, 1.54) is 38.0 Å². The Morgan fingerprint density at radius 3 is 2.14 bits per heavy atom. The predicted molar refractivity (Wildman–Crippen MR) is 64.7 cm³/mol. The zero-order chi connectivity index (χ0) is 10.6. The molecule has 0 amide bonds. The average Bonchev–Trinajstić information content (AvgIpc) is 2.15. The molecule has 2 radical (unpaired) electrons. The van der Waals surface area contributed by atoms with Crippen LogP contribution in [0.2, 0.25) is 0 Å². The van der Waals surface area contributed by atoms with Gasteiger partial charge in [-0.25, -0.2) is 0 Å². The van der Waals surface area contributed by atoms with Gasteiger partial charge in [0.1, 0.15) is 0 Å². The van der Waals surface area contributed by atoms with Crippen LogP contribution in [0, 0.1) is 24.7 Å². The highest BCUT2D eigenvalue weighted by Crippen LogP contribution is 2.07. The standard InChI is InChI=1S/C14H24/c1-4-5-6-7-8-9-10-11-12-13-14(2)3/h1,4-8,11-13H2,2-3H3. The van der Waals surface area contributed by atoms with Gasteiger partial charge in [-0.2, -0.15) is 0 Å². The van der Waals surface area contributed by atoms with Gasteiger partial charge < -0.3 is 0 Å². The van der Waals surface area contributed by atoms with E-state index in [0.717, 1.165) is 19.3 Å². The smallest absolute Gasteiger partial charge is 0.00888 e. The molecular weight excluding hydrogens is 168 g/mol. The topological polar surface area (TPSA) is 0 Å². The normalized spacial score (nSPS) is 10.0. The van der Waals surface area contributed by atoms with Gasteiger partial charge in [-0.05, 0) is 25.2 Å². The lowest BCUT2D eigenvalue weighted by molar-refractivity contribution is 0.700. The summed E-state index contributed by atoms with van der Waals surface area (Å²) in [5, 5.41) is 0. The fourth-order valence-electron chi connectivity index (χ4n) is 1.27. The Morgan fingerprint density at radius 2 is 1.57 bits per heavy atom. The van der Waals surface area contributed by atoms with Crippen LogP contribution in [0.25, 0.3) is 0 Å². The van der Waals surface area contributed by atoms with E-state index in [2.05, 4.69) is 32.6 Å². The first-order valence-corrected chi connectivity index (χ1v) is 5.81. The van der Waals surface area contributed by atoms with Crippen molar-refractivity contribution in [1.29, 1.82) is 0 Å². The lowest BCUT2D eigenvalue weighted by Gasteiger charge is -1.98. The van der Waals surface area contributed by atoms with E-state index in [-0.39, 0.29) is 0 Å². The molecule has 0 aliphatic heterocycles. The van der Waals surface area contributed by atoms with E-state index in [9.17, 15) is 0 Å². The summed E-state index contributed by atoms with van der Waals surface area (Å²) in [6, 6.07) is 0. The van der Waals surface area contributed by atoms with Crippen LogP contribution in [-0.4, -0.2) is 0 Å². The number of rotatable bonds is 7. The summed E-state index contributed by atoms with van der Waals surface area (Å²) < 4.78 is 0. The molecular formula is C14H24. The third-order valence-corrected chi connectivity index (χ3v) is 2.16. The second kappa shape index (κ2) is 10.6. The van der Waals surface area contributed by atoms with Gasteiger partial charge in [0.05, 0.1) is 0 Å². The predicted octanol–water partition coefficient (Wildman–Crippen LogP) is 4.56. The summed E-state index contributed by atoms with van der Waals surface area (Å²) in [5.74, 6) is 7.99. The van der Waals surface area contributed by atoms with Crippen LogP contribution in [0.1, 0.15) is 65.2 Å². The first-order valence-electron chi connectivity index (χ1n) is 5.81. The van der Waals surface area contributed by atoms with E-state index in [4.69, 9.17) is 0 Å². The Labute approximate surface area is 90.5 Å². The van der Waals surface area contributed by atoms with Crippen molar-refractivity contribution < 1.29 is 0 Å². The van der Waals surface area contributed by atoms with E-state index in [1.807, 2.05) is 0 Å². The monoisotopic (exact) mass is 192 g/mol. The van der Waals surface area contributed by atoms with Gasteiger partial charge in [-0.15, -0.1) is 11.8 Å². The van der Waals surface area contributed by atoms with E-state index in [0.29, 0.717) is 0 Å². The SMILES string of the molecule is [CH2]CCCCCC#CCCC[C](C)C. The highest BCUT2D eigenvalue weighted by atomic mass is 14.0. The molecule has 0 saturated heterocycles. The van der Waals surface area contributed by atoms with E-state index >= 15 is 0 Å². The summed E-state index contributed by atoms with van der Waals surface area (Å²) >= 11 is 0. The first kappa shape index (κ1) is 13.6. The van der Waals surface area contributed by atoms with Gasteiger partial charge in [0.2, 0.25) is 0 Å². The maximum atomic E-state index is 3.82. The number of hydrogen-bond acceptors (Lipinski definition) is 0. The molecule has 0 heterocycles. The Bertz CT molecular complexity index is 157. The Morgan fingerprint density at radius 1 is 0.929 bits per heavy atom. The minimum absolute atomic E-state index is 1.07. The maximum absolute atomic E-state index is 3.82. The molecule has 0 heteroatoms. The molecule has 0 atom stereocenters. The van der Waals surface area contributed by atoms with Crippen molar-refractivity contribution in [1.82, 2.24) is 0 Å². The van der Waals surface area contributed by atoms with Crippen molar-refractivity contribution in [2.75, 3.05) is 0 Å². The van der Waals surface area contributed by atoms with Gasteiger partial charge in [-0.3, -0.25) is 0 Å². The lowest BCUT2D eigenvalue weighted by Crippen LogP contribution is -1.82. The van der Waals surface area contributed by atoms with Crippen molar-refractivity contribution in [2.24, 2.45) is 0 Å².